The molecule has 1 aliphatic rings. The molecule has 1 aromatic heterocycles. The highest BCUT2D eigenvalue weighted by Crippen LogP contribution is 2.22. The Labute approximate surface area is 148 Å². The number of aryl methyl sites for hydroxylation is 3. The fourth-order valence-corrected chi connectivity index (χ4v) is 4.80. The Hall–Kier alpha value is -2.12. The first-order valence-electron chi connectivity index (χ1n) is 8.28. The molecule has 0 spiro atoms. The summed E-state index contributed by atoms with van der Waals surface area (Å²) >= 11 is 0. The van der Waals surface area contributed by atoms with E-state index in [1.54, 1.807) is 23.2 Å². The molecule has 2 aromatic rings. The Morgan fingerprint density at radius 3 is 2.28 bits per heavy atom. The second-order valence-corrected chi connectivity index (χ2v) is 8.44. The average Bonchev–Trinajstić information content (AvgIpc) is 3.00. The van der Waals surface area contributed by atoms with E-state index in [1.807, 2.05) is 43.8 Å². The first-order chi connectivity index (χ1) is 11.8. The van der Waals surface area contributed by atoms with Crippen molar-refractivity contribution >= 4 is 15.9 Å². The highest BCUT2D eigenvalue weighted by molar-refractivity contribution is 7.89. The molecule has 0 atom stereocenters. The van der Waals surface area contributed by atoms with Gasteiger partial charge in [-0.25, -0.2) is 8.42 Å². The fraction of sp³-hybridized carbons (Fsp3) is 0.389. The molecule has 0 saturated carbocycles. The normalized spacial score (nSPS) is 16.2. The van der Waals surface area contributed by atoms with Gasteiger partial charge in [0.05, 0.1) is 10.5 Å². The van der Waals surface area contributed by atoms with Crippen LogP contribution in [0.5, 0.6) is 0 Å². The summed E-state index contributed by atoms with van der Waals surface area (Å²) in [7, 11) is -1.66. The molecular formula is C18H23N3O3S. The summed E-state index contributed by atoms with van der Waals surface area (Å²) in [5.74, 6) is -0.0517. The van der Waals surface area contributed by atoms with E-state index in [-0.39, 0.29) is 5.91 Å². The third-order valence-corrected chi connectivity index (χ3v) is 6.61. The number of piperazine rings is 1. The number of hydrogen-bond donors (Lipinski definition) is 0. The SMILES string of the molecule is Cc1ccc(S(=O)(=O)N2CCN(C(=O)c3ccn(C)c3)CC2)c(C)c1. The Bertz CT molecular complexity index is 894. The van der Waals surface area contributed by atoms with E-state index < -0.39 is 10.0 Å². The van der Waals surface area contributed by atoms with Gasteiger partial charge in [0, 0.05) is 45.6 Å². The van der Waals surface area contributed by atoms with E-state index in [0.717, 1.165) is 11.1 Å². The van der Waals surface area contributed by atoms with Crippen LogP contribution in [0.2, 0.25) is 0 Å². The number of sulfonamides is 1. The van der Waals surface area contributed by atoms with Crippen molar-refractivity contribution in [1.82, 2.24) is 13.8 Å². The molecule has 1 saturated heterocycles. The number of benzene rings is 1. The minimum absolute atomic E-state index is 0.0517. The minimum atomic E-state index is -3.53. The molecule has 0 N–H and O–H groups in total. The standard InChI is InChI=1S/C18H23N3O3S/c1-14-4-5-17(15(2)12-14)25(23,24)21-10-8-20(9-11-21)18(22)16-6-7-19(3)13-16/h4-7,12-13H,8-11H2,1-3H3. The summed E-state index contributed by atoms with van der Waals surface area (Å²) in [6.45, 7) is 5.19. The molecule has 1 amide bonds. The molecule has 1 fully saturated rings. The number of nitrogens with zero attached hydrogens (tertiary/aromatic N) is 3. The van der Waals surface area contributed by atoms with E-state index in [1.165, 1.54) is 4.31 Å². The van der Waals surface area contributed by atoms with Crippen LogP contribution in [0.15, 0.2) is 41.6 Å². The van der Waals surface area contributed by atoms with Crippen molar-refractivity contribution in [1.29, 1.82) is 0 Å². The van der Waals surface area contributed by atoms with Gasteiger partial charge in [0.15, 0.2) is 0 Å². The Morgan fingerprint density at radius 2 is 1.72 bits per heavy atom. The second-order valence-electron chi connectivity index (χ2n) is 6.53. The lowest BCUT2D eigenvalue weighted by atomic mass is 10.2. The summed E-state index contributed by atoms with van der Waals surface area (Å²) in [6.07, 6.45) is 3.61. The number of hydrogen-bond acceptors (Lipinski definition) is 3. The summed E-state index contributed by atoms with van der Waals surface area (Å²) in [5.41, 5.74) is 2.42. The largest absolute Gasteiger partial charge is 0.356 e. The number of amides is 1. The molecule has 1 aromatic carbocycles. The molecule has 2 heterocycles. The molecule has 7 heteroatoms. The molecule has 0 unspecified atom stereocenters. The van der Waals surface area contributed by atoms with Crippen LogP contribution in [-0.4, -0.2) is 54.3 Å². The Balaban J connectivity index is 1.72. The van der Waals surface area contributed by atoms with Crippen molar-refractivity contribution in [2.75, 3.05) is 26.2 Å². The van der Waals surface area contributed by atoms with Crippen LogP contribution in [0.4, 0.5) is 0 Å². The molecule has 0 aliphatic carbocycles. The average molecular weight is 361 g/mol. The first-order valence-corrected chi connectivity index (χ1v) is 9.72. The Morgan fingerprint density at radius 1 is 1.04 bits per heavy atom. The Kier molecular flexibility index (Phi) is 4.71. The second kappa shape index (κ2) is 6.65. The zero-order valence-electron chi connectivity index (χ0n) is 14.8. The molecule has 134 valence electrons. The predicted octanol–water partition coefficient (Wildman–Crippen LogP) is 1.79. The molecule has 25 heavy (non-hydrogen) atoms. The van der Waals surface area contributed by atoms with Gasteiger partial charge < -0.3 is 9.47 Å². The van der Waals surface area contributed by atoms with E-state index in [4.69, 9.17) is 0 Å². The molecule has 1 aliphatic heterocycles. The van der Waals surface area contributed by atoms with E-state index >= 15 is 0 Å². The molecule has 3 rings (SSSR count). The van der Waals surface area contributed by atoms with Crippen LogP contribution in [0.1, 0.15) is 21.5 Å². The van der Waals surface area contributed by atoms with E-state index in [9.17, 15) is 13.2 Å². The lowest BCUT2D eigenvalue weighted by molar-refractivity contribution is 0.0698. The van der Waals surface area contributed by atoms with Gasteiger partial charge in [0.2, 0.25) is 10.0 Å². The highest BCUT2D eigenvalue weighted by Gasteiger charge is 2.31. The van der Waals surface area contributed by atoms with E-state index in [0.29, 0.717) is 36.6 Å². The smallest absolute Gasteiger partial charge is 0.255 e. The van der Waals surface area contributed by atoms with Gasteiger partial charge in [-0.2, -0.15) is 4.31 Å². The maximum atomic E-state index is 12.9. The van der Waals surface area contributed by atoms with Crippen molar-refractivity contribution in [3.05, 3.63) is 53.3 Å². The summed E-state index contributed by atoms with van der Waals surface area (Å²) in [5, 5.41) is 0. The van der Waals surface area contributed by atoms with Crippen molar-refractivity contribution < 1.29 is 13.2 Å². The van der Waals surface area contributed by atoms with Gasteiger partial charge in [-0.1, -0.05) is 17.7 Å². The minimum Gasteiger partial charge on any atom is -0.356 e. The lowest BCUT2D eigenvalue weighted by Gasteiger charge is -2.34. The third kappa shape index (κ3) is 3.48. The monoisotopic (exact) mass is 361 g/mol. The molecule has 6 nitrogen and oxygen atoms in total. The van der Waals surface area contributed by atoms with Gasteiger partial charge in [-0.3, -0.25) is 4.79 Å². The van der Waals surface area contributed by atoms with Crippen molar-refractivity contribution in [3.63, 3.8) is 0 Å². The maximum Gasteiger partial charge on any atom is 0.255 e. The molecular weight excluding hydrogens is 338 g/mol. The summed E-state index contributed by atoms with van der Waals surface area (Å²) < 4.78 is 29.1. The molecule has 0 bridgehead atoms. The highest BCUT2D eigenvalue weighted by atomic mass is 32.2. The predicted molar refractivity (Wildman–Crippen MR) is 96.0 cm³/mol. The van der Waals surface area contributed by atoms with Gasteiger partial charge in [0.1, 0.15) is 0 Å². The number of aromatic nitrogens is 1. The van der Waals surface area contributed by atoms with Gasteiger partial charge >= 0.3 is 0 Å². The number of rotatable bonds is 3. The van der Waals surface area contributed by atoms with Crippen LogP contribution in [0, 0.1) is 13.8 Å². The van der Waals surface area contributed by atoms with Crippen LogP contribution >= 0.6 is 0 Å². The van der Waals surface area contributed by atoms with E-state index in [2.05, 4.69) is 0 Å². The topological polar surface area (TPSA) is 62.6 Å². The van der Waals surface area contributed by atoms with Crippen LogP contribution < -0.4 is 0 Å². The zero-order chi connectivity index (χ0) is 18.2. The maximum absolute atomic E-state index is 12.9. The van der Waals surface area contributed by atoms with Crippen molar-refractivity contribution in [2.45, 2.75) is 18.7 Å². The van der Waals surface area contributed by atoms with Crippen LogP contribution in [0.25, 0.3) is 0 Å². The van der Waals surface area contributed by atoms with Crippen molar-refractivity contribution in [3.8, 4) is 0 Å². The number of carbonyl (C=O) groups excluding carboxylic acids is 1. The van der Waals surface area contributed by atoms with Crippen LogP contribution in [0.3, 0.4) is 0 Å². The zero-order valence-corrected chi connectivity index (χ0v) is 15.6. The molecule has 0 radical (unpaired) electrons. The first kappa shape index (κ1) is 17.7. The fourth-order valence-electron chi connectivity index (χ4n) is 3.17. The summed E-state index contributed by atoms with van der Waals surface area (Å²) in [6, 6.07) is 7.14. The summed E-state index contributed by atoms with van der Waals surface area (Å²) in [4.78, 5) is 14.5. The third-order valence-electron chi connectivity index (χ3n) is 4.55. The van der Waals surface area contributed by atoms with Crippen molar-refractivity contribution in [2.24, 2.45) is 7.05 Å². The number of carbonyl (C=O) groups is 1. The quantitative estimate of drug-likeness (QED) is 0.837. The van der Waals surface area contributed by atoms with Crippen LogP contribution in [-0.2, 0) is 17.1 Å². The van der Waals surface area contributed by atoms with Gasteiger partial charge in [-0.05, 0) is 31.5 Å². The van der Waals surface area contributed by atoms with Gasteiger partial charge in [0.25, 0.3) is 5.91 Å². The van der Waals surface area contributed by atoms with Gasteiger partial charge in [-0.15, -0.1) is 0 Å². The lowest BCUT2D eigenvalue weighted by Crippen LogP contribution is -2.50.